The van der Waals surface area contributed by atoms with E-state index in [2.05, 4.69) is 4.90 Å². The number of hydrogen-bond donors (Lipinski definition) is 1. The fourth-order valence-electron chi connectivity index (χ4n) is 2.55. The Bertz CT molecular complexity index is 397. The third-order valence-electron chi connectivity index (χ3n) is 3.09. The molecule has 88 valence electrons. The van der Waals surface area contributed by atoms with Crippen molar-refractivity contribution >= 4 is 5.69 Å². The lowest BCUT2D eigenvalue weighted by Gasteiger charge is -2.22. The fraction of sp³-hybridized carbons (Fsp3) is 0.538. The zero-order chi connectivity index (χ0) is 11.9. The first-order chi connectivity index (χ1) is 7.38. The normalized spacial score (nSPS) is 20.1. The molecule has 1 atom stereocenters. The predicted molar refractivity (Wildman–Crippen MR) is 63.3 cm³/mol. The highest BCUT2D eigenvalue weighted by Gasteiger charge is 2.32. The Morgan fingerprint density at radius 1 is 1.50 bits per heavy atom. The molecule has 0 aromatic heterocycles. The van der Waals surface area contributed by atoms with Gasteiger partial charge in [0.25, 0.3) is 0 Å². The van der Waals surface area contributed by atoms with Crippen LogP contribution >= 0.6 is 0 Å². The van der Waals surface area contributed by atoms with E-state index in [0.29, 0.717) is 6.42 Å². The van der Waals surface area contributed by atoms with E-state index in [0.717, 1.165) is 17.8 Å². The Balaban J connectivity index is 2.35. The van der Waals surface area contributed by atoms with Gasteiger partial charge in [-0.05, 0) is 32.4 Å². The first-order valence-electron chi connectivity index (χ1n) is 5.60. The van der Waals surface area contributed by atoms with Crippen molar-refractivity contribution in [1.82, 2.24) is 0 Å². The maximum atomic E-state index is 13.8. The summed E-state index contributed by atoms with van der Waals surface area (Å²) in [6, 6.07) is 5.16. The predicted octanol–water partition coefficient (Wildman–Crippen LogP) is 2.52. The van der Waals surface area contributed by atoms with E-state index in [1.54, 1.807) is 19.9 Å². The zero-order valence-corrected chi connectivity index (χ0v) is 10.00. The number of anilines is 1. The van der Waals surface area contributed by atoms with Gasteiger partial charge in [0, 0.05) is 30.8 Å². The van der Waals surface area contributed by atoms with Gasteiger partial charge in [-0.2, -0.15) is 0 Å². The average Bonchev–Trinajstić information content (AvgIpc) is 2.42. The molecule has 0 spiro atoms. The summed E-state index contributed by atoms with van der Waals surface area (Å²) in [6.07, 6.45) is 0.589. The van der Waals surface area contributed by atoms with Crippen LogP contribution in [0.4, 0.5) is 10.1 Å². The Morgan fingerprint density at radius 2 is 2.19 bits per heavy atom. The minimum Gasteiger partial charge on any atom is -0.390 e. The fourth-order valence-corrected chi connectivity index (χ4v) is 2.55. The number of nitrogens with zero attached hydrogens (tertiary/aromatic N) is 1. The molecular formula is C13H18FNO. The van der Waals surface area contributed by atoms with Crippen molar-refractivity contribution in [2.24, 2.45) is 0 Å². The monoisotopic (exact) mass is 223 g/mol. The SMILES string of the molecule is CN1CC(CC(C)(C)O)c2c(F)cccc21. The number of halogens is 1. The molecule has 2 nitrogen and oxygen atoms in total. The molecule has 2 rings (SSSR count). The van der Waals surface area contributed by atoms with Gasteiger partial charge in [0.15, 0.2) is 0 Å². The summed E-state index contributed by atoms with van der Waals surface area (Å²) in [5.74, 6) is -0.0719. The van der Waals surface area contributed by atoms with Crippen LogP contribution < -0.4 is 4.90 Å². The number of likely N-dealkylation sites (N-methyl/N-ethyl adjacent to an activating group) is 1. The summed E-state index contributed by atoms with van der Waals surface area (Å²) < 4.78 is 13.8. The van der Waals surface area contributed by atoms with Crippen LogP contribution in [0.1, 0.15) is 31.7 Å². The van der Waals surface area contributed by atoms with Crippen LogP contribution in [-0.4, -0.2) is 24.3 Å². The highest BCUT2D eigenvalue weighted by atomic mass is 19.1. The van der Waals surface area contributed by atoms with Crippen LogP contribution in [0.2, 0.25) is 0 Å². The summed E-state index contributed by atoms with van der Waals surface area (Å²) in [4.78, 5) is 2.05. The second-order valence-corrected chi connectivity index (χ2v) is 5.27. The third-order valence-corrected chi connectivity index (χ3v) is 3.09. The highest BCUT2D eigenvalue weighted by molar-refractivity contribution is 5.60. The van der Waals surface area contributed by atoms with Crippen molar-refractivity contribution in [3.63, 3.8) is 0 Å². The van der Waals surface area contributed by atoms with Gasteiger partial charge >= 0.3 is 0 Å². The number of fused-ring (bicyclic) bond motifs is 1. The molecule has 3 heteroatoms. The molecule has 0 aliphatic carbocycles. The van der Waals surface area contributed by atoms with Gasteiger partial charge in [0.05, 0.1) is 5.60 Å². The van der Waals surface area contributed by atoms with Crippen molar-refractivity contribution < 1.29 is 9.50 Å². The number of hydrogen-bond acceptors (Lipinski definition) is 2. The van der Waals surface area contributed by atoms with Crippen LogP contribution in [0.3, 0.4) is 0 Å². The van der Waals surface area contributed by atoms with E-state index in [1.165, 1.54) is 6.07 Å². The number of benzene rings is 1. The second-order valence-electron chi connectivity index (χ2n) is 5.27. The van der Waals surface area contributed by atoms with Crippen molar-refractivity contribution in [2.45, 2.75) is 31.8 Å². The van der Waals surface area contributed by atoms with Gasteiger partial charge in [-0.3, -0.25) is 0 Å². The van der Waals surface area contributed by atoms with Crippen molar-refractivity contribution in [3.05, 3.63) is 29.6 Å². The van der Waals surface area contributed by atoms with Gasteiger partial charge in [0.2, 0.25) is 0 Å². The van der Waals surface area contributed by atoms with E-state index in [4.69, 9.17) is 0 Å². The van der Waals surface area contributed by atoms with E-state index in [9.17, 15) is 9.50 Å². The Morgan fingerprint density at radius 3 is 2.81 bits per heavy atom. The van der Waals surface area contributed by atoms with Crippen molar-refractivity contribution in [2.75, 3.05) is 18.5 Å². The Hall–Kier alpha value is -1.09. The van der Waals surface area contributed by atoms with Gasteiger partial charge in [-0.15, -0.1) is 0 Å². The Kier molecular flexibility index (Phi) is 2.66. The smallest absolute Gasteiger partial charge is 0.128 e. The molecule has 1 aliphatic rings. The van der Waals surface area contributed by atoms with E-state index < -0.39 is 5.60 Å². The minimum absolute atomic E-state index is 0.0844. The lowest BCUT2D eigenvalue weighted by atomic mass is 9.89. The highest BCUT2D eigenvalue weighted by Crippen LogP contribution is 2.40. The lowest BCUT2D eigenvalue weighted by Crippen LogP contribution is -2.25. The van der Waals surface area contributed by atoms with E-state index >= 15 is 0 Å². The average molecular weight is 223 g/mol. The molecular weight excluding hydrogens is 205 g/mol. The maximum Gasteiger partial charge on any atom is 0.128 e. The van der Waals surface area contributed by atoms with Gasteiger partial charge in [-0.25, -0.2) is 4.39 Å². The first-order valence-corrected chi connectivity index (χ1v) is 5.60. The second kappa shape index (κ2) is 3.74. The molecule has 0 saturated carbocycles. The number of aliphatic hydroxyl groups is 1. The van der Waals surface area contributed by atoms with Crippen molar-refractivity contribution in [3.8, 4) is 0 Å². The summed E-state index contributed by atoms with van der Waals surface area (Å²) in [6.45, 7) is 4.32. The van der Waals surface area contributed by atoms with Crippen molar-refractivity contribution in [1.29, 1.82) is 0 Å². The lowest BCUT2D eigenvalue weighted by molar-refractivity contribution is 0.0642. The Labute approximate surface area is 95.7 Å². The van der Waals surface area contributed by atoms with E-state index in [1.807, 2.05) is 13.1 Å². The van der Waals surface area contributed by atoms with Crippen LogP contribution in [0.5, 0.6) is 0 Å². The topological polar surface area (TPSA) is 23.5 Å². The van der Waals surface area contributed by atoms with Crippen LogP contribution in [-0.2, 0) is 0 Å². The summed E-state index contributed by atoms with van der Waals surface area (Å²) in [7, 11) is 1.96. The molecule has 16 heavy (non-hydrogen) atoms. The molecule has 1 heterocycles. The molecule has 0 saturated heterocycles. The molecule has 1 unspecified atom stereocenters. The summed E-state index contributed by atoms with van der Waals surface area (Å²) in [5, 5.41) is 9.84. The first kappa shape index (κ1) is 11.4. The van der Waals surface area contributed by atoms with Crippen LogP contribution in [0.25, 0.3) is 0 Å². The largest absolute Gasteiger partial charge is 0.390 e. The maximum absolute atomic E-state index is 13.8. The quantitative estimate of drug-likeness (QED) is 0.832. The molecule has 1 aliphatic heterocycles. The molecule has 0 radical (unpaired) electrons. The molecule has 0 bridgehead atoms. The third kappa shape index (κ3) is 2.05. The standard InChI is InChI=1S/C13H18FNO/c1-13(2,16)7-9-8-15(3)11-6-4-5-10(14)12(9)11/h4-6,9,16H,7-8H2,1-3H3. The van der Waals surface area contributed by atoms with Crippen LogP contribution in [0, 0.1) is 5.82 Å². The molecule has 1 aromatic carbocycles. The van der Waals surface area contributed by atoms with Gasteiger partial charge in [-0.1, -0.05) is 6.07 Å². The van der Waals surface area contributed by atoms with E-state index in [-0.39, 0.29) is 11.7 Å². The zero-order valence-electron chi connectivity index (χ0n) is 10.00. The van der Waals surface area contributed by atoms with Gasteiger partial charge in [0.1, 0.15) is 5.82 Å². The van der Waals surface area contributed by atoms with Gasteiger partial charge < -0.3 is 10.0 Å². The van der Waals surface area contributed by atoms with Crippen LogP contribution in [0.15, 0.2) is 18.2 Å². The summed E-state index contributed by atoms with van der Waals surface area (Å²) in [5.41, 5.74) is 0.955. The summed E-state index contributed by atoms with van der Waals surface area (Å²) >= 11 is 0. The number of rotatable bonds is 2. The molecule has 0 amide bonds. The minimum atomic E-state index is -0.755. The molecule has 1 N–H and O–H groups in total. The molecule has 0 fully saturated rings. The molecule has 1 aromatic rings.